The van der Waals surface area contributed by atoms with Crippen molar-refractivity contribution in [2.24, 2.45) is 0 Å². The predicted molar refractivity (Wildman–Crippen MR) is 96.4 cm³/mol. The summed E-state index contributed by atoms with van der Waals surface area (Å²) in [6.07, 6.45) is 1.64. The molecule has 0 radical (unpaired) electrons. The standard InChI is InChI=1S/C18H15N5O3/c24-15-11-14(20-13-6-2-1-5-12(13)15)17(25)19-8-10-23-18(26)22-9-4-3-7-16(22)21-23/h1-7,9,11H,8,10H2,(H,19,25)(H,20,24). The van der Waals surface area contributed by atoms with Gasteiger partial charge in [-0.3, -0.25) is 14.0 Å². The van der Waals surface area contributed by atoms with Crippen LogP contribution in [0.4, 0.5) is 0 Å². The van der Waals surface area contributed by atoms with Gasteiger partial charge in [-0.2, -0.15) is 0 Å². The average molecular weight is 349 g/mol. The number of fused-ring (bicyclic) bond motifs is 2. The molecule has 0 saturated heterocycles. The zero-order chi connectivity index (χ0) is 18.1. The van der Waals surface area contributed by atoms with Gasteiger partial charge in [-0.25, -0.2) is 9.48 Å². The Morgan fingerprint density at radius 2 is 1.92 bits per heavy atom. The molecule has 2 N–H and O–H groups in total. The van der Waals surface area contributed by atoms with E-state index in [-0.39, 0.29) is 29.9 Å². The van der Waals surface area contributed by atoms with Gasteiger partial charge in [0.2, 0.25) is 0 Å². The molecule has 130 valence electrons. The number of H-pyrrole nitrogens is 1. The van der Waals surface area contributed by atoms with Gasteiger partial charge in [0.15, 0.2) is 11.1 Å². The maximum atomic E-state index is 12.3. The summed E-state index contributed by atoms with van der Waals surface area (Å²) in [4.78, 5) is 39.5. The SMILES string of the molecule is O=C(NCCn1nc2ccccn2c1=O)c1cc(=O)c2ccccc2[nH]1. The van der Waals surface area contributed by atoms with Crippen LogP contribution in [-0.2, 0) is 6.54 Å². The van der Waals surface area contributed by atoms with Crippen molar-refractivity contribution < 1.29 is 4.79 Å². The van der Waals surface area contributed by atoms with Crippen molar-refractivity contribution in [1.82, 2.24) is 24.5 Å². The summed E-state index contributed by atoms with van der Waals surface area (Å²) in [7, 11) is 0. The Bertz CT molecular complexity index is 1230. The molecule has 3 aromatic heterocycles. The first-order valence-corrected chi connectivity index (χ1v) is 8.08. The summed E-state index contributed by atoms with van der Waals surface area (Å²) >= 11 is 0. The Hall–Kier alpha value is -3.68. The Balaban J connectivity index is 1.49. The van der Waals surface area contributed by atoms with E-state index in [0.717, 1.165) is 0 Å². The van der Waals surface area contributed by atoms with Crippen LogP contribution in [0.5, 0.6) is 0 Å². The van der Waals surface area contributed by atoms with E-state index >= 15 is 0 Å². The van der Waals surface area contributed by atoms with E-state index in [2.05, 4.69) is 15.4 Å². The molecule has 8 heteroatoms. The number of amides is 1. The van der Waals surface area contributed by atoms with E-state index in [4.69, 9.17) is 0 Å². The molecule has 0 aliphatic carbocycles. The van der Waals surface area contributed by atoms with Crippen LogP contribution in [-0.4, -0.2) is 31.6 Å². The number of hydrogen-bond donors (Lipinski definition) is 2. The van der Waals surface area contributed by atoms with Gasteiger partial charge in [-0.1, -0.05) is 18.2 Å². The Labute approximate surface area is 146 Å². The van der Waals surface area contributed by atoms with Crippen LogP contribution in [0.25, 0.3) is 16.6 Å². The van der Waals surface area contributed by atoms with Crippen molar-refractivity contribution in [3.63, 3.8) is 0 Å². The van der Waals surface area contributed by atoms with E-state index in [0.29, 0.717) is 16.6 Å². The number of benzene rings is 1. The fraction of sp³-hybridized carbons (Fsp3) is 0.111. The zero-order valence-corrected chi connectivity index (χ0v) is 13.7. The Morgan fingerprint density at radius 1 is 1.12 bits per heavy atom. The van der Waals surface area contributed by atoms with E-state index in [9.17, 15) is 14.4 Å². The smallest absolute Gasteiger partial charge is 0.350 e. The van der Waals surface area contributed by atoms with Crippen molar-refractivity contribution in [3.05, 3.63) is 81.1 Å². The van der Waals surface area contributed by atoms with Gasteiger partial charge in [0.25, 0.3) is 5.91 Å². The number of nitrogens with zero attached hydrogens (tertiary/aromatic N) is 3. The second-order valence-corrected chi connectivity index (χ2v) is 5.78. The normalized spacial score (nSPS) is 11.1. The molecule has 1 amide bonds. The molecule has 3 heterocycles. The van der Waals surface area contributed by atoms with Crippen LogP contribution in [0.3, 0.4) is 0 Å². The minimum absolute atomic E-state index is 0.177. The molecule has 8 nitrogen and oxygen atoms in total. The highest BCUT2D eigenvalue weighted by atomic mass is 16.2. The van der Waals surface area contributed by atoms with Crippen LogP contribution in [0.1, 0.15) is 10.5 Å². The lowest BCUT2D eigenvalue weighted by atomic mass is 10.2. The highest BCUT2D eigenvalue weighted by Crippen LogP contribution is 2.07. The van der Waals surface area contributed by atoms with Gasteiger partial charge in [-0.15, -0.1) is 5.10 Å². The average Bonchev–Trinajstić information content (AvgIpc) is 2.98. The third-order valence-corrected chi connectivity index (χ3v) is 4.08. The molecular weight excluding hydrogens is 334 g/mol. The minimum atomic E-state index is -0.412. The molecule has 1 aromatic carbocycles. The number of hydrogen-bond acceptors (Lipinski definition) is 4. The van der Waals surface area contributed by atoms with Crippen LogP contribution < -0.4 is 16.4 Å². The zero-order valence-electron chi connectivity index (χ0n) is 13.7. The van der Waals surface area contributed by atoms with Crippen LogP contribution in [0.2, 0.25) is 0 Å². The summed E-state index contributed by atoms with van der Waals surface area (Å²) in [5.74, 6) is -0.412. The van der Waals surface area contributed by atoms with Gasteiger partial charge in [0, 0.05) is 29.7 Å². The summed E-state index contributed by atoms with van der Waals surface area (Å²) in [5.41, 5.74) is 0.829. The number of pyridine rings is 2. The van der Waals surface area contributed by atoms with E-state index in [1.54, 1.807) is 48.7 Å². The van der Waals surface area contributed by atoms with Gasteiger partial charge in [-0.05, 0) is 24.3 Å². The fourth-order valence-electron chi connectivity index (χ4n) is 2.80. The van der Waals surface area contributed by atoms with E-state index in [1.807, 2.05) is 0 Å². The maximum absolute atomic E-state index is 12.3. The molecule has 4 aromatic rings. The van der Waals surface area contributed by atoms with Crippen molar-refractivity contribution in [2.45, 2.75) is 6.54 Å². The van der Waals surface area contributed by atoms with E-state index < -0.39 is 5.91 Å². The maximum Gasteiger partial charge on any atom is 0.350 e. The summed E-state index contributed by atoms with van der Waals surface area (Å²) in [6.45, 7) is 0.432. The monoisotopic (exact) mass is 349 g/mol. The van der Waals surface area contributed by atoms with Gasteiger partial charge >= 0.3 is 5.69 Å². The number of carbonyl (C=O) groups excluding carboxylic acids is 1. The first-order chi connectivity index (χ1) is 12.6. The first kappa shape index (κ1) is 15.8. The Morgan fingerprint density at radius 3 is 2.77 bits per heavy atom. The molecule has 0 fully saturated rings. The summed E-state index contributed by atoms with van der Waals surface area (Å²) in [5, 5.41) is 7.42. The number of aromatic nitrogens is 4. The largest absolute Gasteiger partial charge is 0.350 e. The molecule has 0 aliphatic heterocycles. The molecule has 0 aliphatic rings. The highest BCUT2D eigenvalue weighted by Gasteiger charge is 2.10. The van der Waals surface area contributed by atoms with Crippen LogP contribution in [0, 0.1) is 0 Å². The van der Waals surface area contributed by atoms with Crippen molar-refractivity contribution in [1.29, 1.82) is 0 Å². The van der Waals surface area contributed by atoms with E-state index in [1.165, 1.54) is 15.1 Å². The molecule has 0 saturated carbocycles. The molecule has 26 heavy (non-hydrogen) atoms. The molecule has 0 atom stereocenters. The number of nitrogens with one attached hydrogen (secondary N) is 2. The van der Waals surface area contributed by atoms with Gasteiger partial charge < -0.3 is 10.3 Å². The minimum Gasteiger partial charge on any atom is -0.350 e. The first-order valence-electron chi connectivity index (χ1n) is 8.08. The molecule has 0 unspecified atom stereocenters. The quantitative estimate of drug-likeness (QED) is 0.568. The molecule has 4 rings (SSSR count). The third-order valence-electron chi connectivity index (χ3n) is 4.08. The number of carbonyl (C=O) groups is 1. The van der Waals surface area contributed by atoms with Crippen LogP contribution >= 0.6 is 0 Å². The number of para-hydroxylation sites is 1. The lowest BCUT2D eigenvalue weighted by Crippen LogP contribution is -2.32. The number of aromatic amines is 1. The van der Waals surface area contributed by atoms with Crippen molar-refractivity contribution in [3.8, 4) is 0 Å². The van der Waals surface area contributed by atoms with Crippen LogP contribution in [0.15, 0.2) is 64.3 Å². The highest BCUT2D eigenvalue weighted by molar-refractivity contribution is 5.94. The summed E-state index contributed by atoms with van der Waals surface area (Å²) in [6, 6.07) is 13.5. The lowest BCUT2D eigenvalue weighted by molar-refractivity contribution is 0.0947. The van der Waals surface area contributed by atoms with Crippen molar-refractivity contribution >= 4 is 22.5 Å². The Kier molecular flexibility index (Phi) is 3.85. The second-order valence-electron chi connectivity index (χ2n) is 5.78. The number of rotatable bonds is 4. The molecule has 0 bridgehead atoms. The summed E-state index contributed by atoms with van der Waals surface area (Å²) < 4.78 is 2.72. The topological polar surface area (TPSA) is 101 Å². The molecule has 0 spiro atoms. The third kappa shape index (κ3) is 2.77. The predicted octanol–water partition coefficient (Wildman–Crippen LogP) is 0.767. The van der Waals surface area contributed by atoms with Gasteiger partial charge in [0.1, 0.15) is 5.69 Å². The fourth-order valence-corrected chi connectivity index (χ4v) is 2.80. The molecular formula is C18H15N5O3. The van der Waals surface area contributed by atoms with Gasteiger partial charge in [0.05, 0.1) is 6.54 Å². The second kappa shape index (κ2) is 6.32. The lowest BCUT2D eigenvalue weighted by Gasteiger charge is -2.06. The van der Waals surface area contributed by atoms with Crippen molar-refractivity contribution in [2.75, 3.05) is 6.54 Å².